The number of hydrogen-bond acceptors (Lipinski definition) is 2. The van der Waals surface area contributed by atoms with E-state index in [0.29, 0.717) is 6.04 Å². The van der Waals surface area contributed by atoms with Crippen LogP contribution >= 0.6 is 0 Å². The maximum Gasteiger partial charge on any atom is 0.0250 e. The zero-order valence-electron chi connectivity index (χ0n) is 10.1. The van der Waals surface area contributed by atoms with Crippen LogP contribution < -0.4 is 11.3 Å². The van der Waals surface area contributed by atoms with E-state index in [2.05, 4.69) is 43.2 Å². The third-order valence-electron chi connectivity index (χ3n) is 2.90. The minimum Gasteiger partial charge on any atom is -0.271 e. The Hall–Kier alpha value is -1.12. The van der Waals surface area contributed by atoms with Crippen LogP contribution in [0.25, 0.3) is 0 Å². The summed E-state index contributed by atoms with van der Waals surface area (Å²) in [7, 11) is 0. The molecule has 88 valence electrons. The van der Waals surface area contributed by atoms with Crippen molar-refractivity contribution in [3.05, 3.63) is 48.0 Å². The van der Waals surface area contributed by atoms with E-state index in [1.807, 2.05) is 6.07 Å². The Morgan fingerprint density at radius 3 is 2.62 bits per heavy atom. The van der Waals surface area contributed by atoms with Crippen LogP contribution in [0.3, 0.4) is 0 Å². The smallest absolute Gasteiger partial charge is 0.0250 e. The summed E-state index contributed by atoms with van der Waals surface area (Å²) in [5, 5.41) is 0. The first-order chi connectivity index (χ1) is 7.76. The summed E-state index contributed by atoms with van der Waals surface area (Å²) < 4.78 is 0. The number of hydrazine groups is 1. The van der Waals surface area contributed by atoms with Gasteiger partial charge in [-0.25, -0.2) is 0 Å². The minimum atomic E-state index is 0.340. The minimum absolute atomic E-state index is 0.340. The van der Waals surface area contributed by atoms with Gasteiger partial charge in [-0.2, -0.15) is 0 Å². The molecule has 0 bridgehead atoms. The summed E-state index contributed by atoms with van der Waals surface area (Å²) in [6.07, 6.45) is 4.12. The van der Waals surface area contributed by atoms with Crippen molar-refractivity contribution in [1.29, 1.82) is 0 Å². The van der Waals surface area contributed by atoms with Crippen molar-refractivity contribution in [2.75, 3.05) is 0 Å². The summed E-state index contributed by atoms with van der Waals surface area (Å²) >= 11 is 0. The van der Waals surface area contributed by atoms with Gasteiger partial charge in [0, 0.05) is 6.04 Å². The van der Waals surface area contributed by atoms with Crippen molar-refractivity contribution in [3.63, 3.8) is 0 Å². The van der Waals surface area contributed by atoms with E-state index in [-0.39, 0.29) is 0 Å². The van der Waals surface area contributed by atoms with Gasteiger partial charge in [0.05, 0.1) is 0 Å². The summed E-state index contributed by atoms with van der Waals surface area (Å²) in [5.41, 5.74) is 5.50. The lowest BCUT2D eigenvalue weighted by molar-refractivity contribution is 0.486. The maximum absolute atomic E-state index is 5.55. The fourth-order valence-corrected chi connectivity index (χ4v) is 1.72. The maximum atomic E-state index is 5.55. The van der Waals surface area contributed by atoms with Crippen LogP contribution in [-0.2, 0) is 6.42 Å². The van der Waals surface area contributed by atoms with Crippen molar-refractivity contribution in [1.82, 2.24) is 5.43 Å². The van der Waals surface area contributed by atoms with Crippen molar-refractivity contribution in [2.45, 2.75) is 38.6 Å². The second kappa shape index (κ2) is 7.20. The summed E-state index contributed by atoms with van der Waals surface area (Å²) in [4.78, 5) is 0. The van der Waals surface area contributed by atoms with E-state index >= 15 is 0 Å². The zero-order valence-corrected chi connectivity index (χ0v) is 10.1. The van der Waals surface area contributed by atoms with E-state index < -0.39 is 0 Å². The van der Waals surface area contributed by atoms with Crippen molar-refractivity contribution in [2.24, 2.45) is 5.84 Å². The van der Waals surface area contributed by atoms with Crippen molar-refractivity contribution < 1.29 is 0 Å². The molecule has 0 saturated carbocycles. The molecule has 1 aromatic rings. The van der Waals surface area contributed by atoms with Crippen LogP contribution in [0.5, 0.6) is 0 Å². The largest absolute Gasteiger partial charge is 0.271 e. The van der Waals surface area contributed by atoms with E-state index in [1.54, 1.807) is 0 Å². The Balaban J connectivity index is 2.37. The first kappa shape index (κ1) is 12.9. The molecule has 0 aliphatic rings. The summed E-state index contributed by atoms with van der Waals surface area (Å²) in [5.74, 6) is 5.55. The highest BCUT2D eigenvalue weighted by Gasteiger charge is 2.07. The van der Waals surface area contributed by atoms with Gasteiger partial charge in [-0.05, 0) is 31.2 Å². The van der Waals surface area contributed by atoms with Crippen molar-refractivity contribution >= 4 is 0 Å². The Morgan fingerprint density at radius 2 is 2.06 bits per heavy atom. The molecule has 2 nitrogen and oxygen atoms in total. The van der Waals surface area contributed by atoms with Gasteiger partial charge in [0.25, 0.3) is 0 Å². The van der Waals surface area contributed by atoms with E-state index in [4.69, 9.17) is 5.84 Å². The van der Waals surface area contributed by atoms with E-state index in [1.165, 1.54) is 11.1 Å². The lowest BCUT2D eigenvalue weighted by Crippen LogP contribution is -2.35. The average Bonchev–Trinajstić information content (AvgIpc) is 2.35. The molecule has 16 heavy (non-hydrogen) atoms. The first-order valence-electron chi connectivity index (χ1n) is 5.93. The molecule has 1 aromatic carbocycles. The number of nitrogens with two attached hydrogens (primary N) is 1. The number of hydrogen-bond donors (Lipinski definition) is 2. The molecule has 0 amide bonds. The van der Waals surface area contributed by atoms with Gasteiger partial charge in [0.2, 0.25) is 0 Å². The third kappa shape index (κ3) is 4.60. The molecular formula is C14H22N2. The topological polar surface area (TPSA) is 38.0 Å². The fourth-order valence-electron chi connectivity index (χ4n) is 1.72. The van der Waals surface area contributed by atoms with Gasteiger partial charge in [-0.15, -0.1) is 0 Å². The molecule has 0 fully saturated rings. The van der Waals surface area contributed by atoms with E-state index in [9.17, 15) is 0 Å². The molecule has 0 aliphatic heterocycles. The van der Waals surface area contributed by atoms with Crippen LogP contribution in [0.15, 0.2) is 42.5 Å². The molecule has 1 atom stereocenters. The van der Waals surface area contributed by atoms with Crippen LogP contribution in [-0.4, -0.2) is 6.04 Å². The molecule has 3 N–H and O–H groups in total. The fraction of sp³-hybridized carbons (Fsp3) is 0.429. The predicted octanol–water partition coefficient (Wildman–Crippen LogP) is 2.81. The molecule has 1 unspecified atom stereocenters. The van der Waals surface area contributed by atoms with Gasteiger partial charge in [0.15, 0.2) is 0 Å². The molecule has 2 heteroatoms. The highest BCUT2D eigenvalue weighted by Crippen LogP contribution is 2.12. The zero-order chi connectivity index (χ0) is 11.8. The first-order valence-corrected chi connectivity index (χ1v) is 5.93. The Kier molecular flexibility index (Phi) is 5.83. The lowest BCUT2D eigenvalue weighted by Gasteiger charge is -2.16. The summed E-state index contributed by atoms with van der Waals surface area (Å²) in [6, 6.07) is 10.8. The molecule has 0 saturated heterocycles. The highest BCUT2D eigenvalue weighted by atomic mass is 15.2. The van der Waals surface area contributed by atoms with Gasteiger partial charge in [-0.1, -0.05) is 49.4 Å². The lowest BCUT2D eigenvalue weighted by atomic mass is 9.99. The average molecular weight is 218 g/mol. The second-order valence-corrected chi connectivity index (χ2v) is 4.20. The normalized spacial score (nSPS) is 12.4. The molecule has 0 radical (unpaired) electrons. The van der Waals surface area contributed by atoms with Gasteiger partial charge >= 0.3 is 0 Å². The SMILES string of the molecule is C=C(CC)CC(CCc1ccccc1)NN. The van der Waals surface area contributed by atoms with E-state index in [0.717, 1.165) is 25.7 Å². The van der Waals surface area contributed by atoms with Crippen LogP contribution in [0.1, 0.15) is 31.7 Å². The molecule has 0 heterocycles. The quantitative estimate of drug-likeness (QED) is 0.419. The number of aryl methyl sites for hydroxylation is 1. The number of nitrogens with one attached hydrogen (secondary N) is 1. The predicted molar refractivity (Wildman–Crippen MR) is 69.9 cm³/mol. The second-order valence-electron chi connectivity index (χ2n) is 4.20. The third-order valence-corrected chi connectivity index (χ3v) is 2.90. The van der Waals surface area contributed by atoms with Crippen LogP contribution in [0.2, 0.25) is 0 Å². The molecule has 0 aromatic heterocycles. The monoisotopic (exact) mass is 218 g/mol. The van der Waals surface area contributed by atoms with Crippen LogP contribution in [0, 0.1) is 0 Å². The molecular weight excluding hydrogens is 196 g/mol. The Bertz CT molecular complexity index is 306. The van der Waals surface area contributed by atoms with Crippen molar-refractivity contribution in [3.8, 4) is 0 Å². The molecule has 0 spiro atoms. The Labute approximate surface area is 98.5 Å². The highest BCUT2D eigenvalue weighted by molar-refractivity contribution is 5.15. The Morgan fingerprint density at radius 1 is 1.38 bits per heavy atom. The number of rotatable bonds is 7. The molecule has 0 aliphatic carbocycles. The number of benzene rings is 1. The van der Waals surface area contributed by atoms with Gasteiger partial charge < -0.3 is 0 Å². The van der Waals surface area contributed by atoms with Gasteiger partial charge in [-0.3, -0.25) is 11.3 Å². The van der Waals surface area contributed by atoms with Crippen LogP contribution in [0.4, 0.5) is 0 Å². The molecule has 1 rings (SSSR count). The van der Waals surface area contributed by atoms with Gasteiger partial charge in [0.1, 0.15) is 0 Å². The standard InChI is InChI=1S/C14H22N2/c1-3-12(2)11-14(16-15)10-9-13-7-5-4-6-8-13/h4-8,14,16H,2-3,9-11,15H2,1H3. The summed E-state index contributed by atoms with van der Waals surface area (Å²) in [6.45, 7) is 6.15.